The Hall–Kier alpha value is -2.62. The fraction of sp³-hybridized carbons (Fsp3) is 0.333. The minimum atomic E-state index is -0.216. The predicted molar refractivity (Wildman–Crippen MR) is 138 cm³/mol. The van der Waals surface area contributed by atoms with E-state index >= 15 is 0 Å². The van der Waals surface area contributed by atoms with E-state index in [0.717, 1.165) is 54.4 Å². The van der Waals surface area contributed by atoms with Gasteiger partial charge in [0.25, 0.3) is 0 Å². The van der Waals surface area contributed by atoms with Crippen molar-refractivity contribution in [3.8, 4) is 5.75 Å². The van der Waals surface area contributed by atoms with E-state index in [-0.39, 0.29) is 12.8 Å². The highest BCUT2D eigenvalue weighted by molar-refractivity contribution is 6.30. The lowest BCUT2D eigenvalue weighted by atomic mass is 9.90. The number of hydrogen-bond acceptors (Lipinski definition) is 2. The number of halogens is 2. The molecule has 1 unspecified atom stereocenters. The van der Waals surface area contributed by atoms with Gasteiger partial charge in [-0.2, -0.15) is 0 Å². The number of alkyl halides is 1. The molecule has 0 spiro atoms. The number of aryl methyl sites for hydroxylation is 1. The summed E-state index contributed by atoms with van der Waals surface area (Å²) in [6.07, 6.45) is 4.80. The number of ether oxygens (including phenoxy) is 1. The molecule has 3 aromatic rings. The predicted octanol–water partition coefficient (Wildman–Crippen LogP) is 7.44. The Morgan fingerprint density at radius 2 is 1.82 bits per heavy atom. The Morgan fingerprint density at radius 1 is 1.03 bits per heavy atom. The Kier molecular flexibility index (Phi) is 7.03. The van der Waals surface area contributed by atoms with E-state index in [1.165, 1.54) is 22.3 Å². The third-order valence-corrected chi connectivity index (χ3v) is 7.23. The first-order valence-corrected chi connectivity index (χ1v) is 12.6. The maximum Gasteiger partial charge on any atom is 0.128 e. The molecule has 0 amide bonds. The van der Waals surface area contributed by atoms with E-state index in [1.807, 2.05) is 18.2 Å². The molecule has 176 valence electrons. The van der Waals surface area contributed by atoms with Crippen LogP contribution in [0, 0.1) is 12.8 Å². The summed E-state index contributed by atoms with van der Waals surface area (Å²) >= 11 is 6.19. The molecule has 34 heavy (non-hydrogen) atoms. The molecule has 1 atom stereocenters. The van der Waals surface area contributed by atoms with Gasteiger partial charge in [0.15, 0.2) is 0 Å². The van der Waals surface area contributed by atoms with Gasteiger partial charge in [0.05, 0.1) is 6.67 Å². The van der Waals surface area contributed by atoms with Crippen LogP contribution in [0.1, 0.15) is 46.8 Å². The molecule has 0 N–H and O–H groups in total. The number of likely N-dealkylation sites (tertiary alicyclic amines) is 1. The first-order valence-electron chi connectivity index (χ1n) is 12.2. The van der Waals surface area contributed by atoms with Crippen molar-refractivity contribution in [1.29, 1.82) is 0 Å². The number of rotatable bonds is 7. The van der Waals surface area contributed by atoms with Gasteiger partial charge in [0.1, 0.15) is 11.9 Å². The van der Waals surface area contributed by atoms with E-state index in [1.54, 1.807) is 0 Å². The fourth-order valence-corrected chi connectivity index (χ4v) is 5.44. The van der Waals surface area contributed by atoms with Crippen molar-refractivity contribution in [2.75, 3.05) is 26.3 Å². The average molecular weight is 476 g/mol. The van der Waals surface area contributed by atoms with Gasteiger partial charge < -0.3 is 9.64 Å². The van der Waals surface area contributed by atoms with Crippen LogP contribution in [0.5, 0.6) is 5.75 Å². The van der Waals surface area contributed by atoms with Crippen molar-refractivity contribution in [3.63, 3.8) is 0 Å². The summed E-state index contributed by atoms with van der Waals surface area (Å²) in [6, 6.07) is 23.3. The smallest absolute Gasteiger partial charge is 0.128 e. The molecule has 0 aromatic heterocycles. The number of nitrogens with zero attached hydrogens (tertiary/aromatic N) is 1. The summed E-state index contributed by atoms with van der Waals surface area (Å²) in [5.74, 6) is 1.59. The fourth-order valence-electron chi connectivity index (χ4n) is 5.22. The summed E-state index contributed by atoms with van der Waals surface area (Å²) in [6.45, 7) is 4.93. The second-order valence-corrected chi connectivity index (χ2v) is 9.96. The Morgan fingerprint density at radius 3 is 2.59 bits per heavy atom. The van der Waals surface area contributed by atoms with Crippen molar-refractivity contribution in [3.05, 3.63) is 106 Å². The molecule has 4 heteroatoms. The van der Waals surface area contributed by atoms with E-state index in [9.17, 15) is 4.39 Å². The Labute approximate surface area is 207 Å². The maximum absolute atomic E-state index is 12.4. The van der Waals surface area contributed by atoms with Crippen LogP contribution in [0.15, 0.2) is 72.8 Å². The maximum atomic E-state index is 12.4. The van der Waals surface area contributed by atoms with Gasteiger partial charge in [0.2, 0.25) is 0 Å². The standard InChI is InChI=1S/C30H31ClFNO/c1-21-17-25(31)11-12-26(21)30-14-13-27(28-5-2-3-6-29(28)34-30)24-9-7-22(8-10-24)18-23-19-33(20-23)16-4-15-32/h2-3,5-13,17,23,30H,4,14-16,18-20H2,1H3. The van der Waals surface area contributed by atoms with Gasteiger partial charge in [-0.3, -0.25) is 4.39 Å². The van der Waals surface area contributed by atoms with Crippen LogP contribution in [0.4, 0.5) is 4.39 Å². The SMILES string of the molecule is Cc1cc(Cl)ccc1C1CC=C(c2ccc(CC3CN(CCCF)C3)cc2)c2ccccc2O1. The summed E-state index contributed by atoms with van der Waals surface area (Å²) in [5, 5.41) is 0.751. The molecule has 0 aliphatic carbocycles. The first kappa shape index (κ1) is 23.1. The van der Waals surface area contributed by atoms with Gasteiger partial charge in [0, 0.05) is 36.6 Å². The molecule has 0 saturated carbocycles. The number of benzene rings is 3. The minimum Gasteiger partial charge on any atom is -0.485 e. The molecule has 3 aromatic carbocycles. The van der Waals surface area contributed by atoms with Crippen LogP contribution < -0.4 is 4.74 Å². The lowest BCUT2D eigenvalue weighted by molar-refractivity contribution is 0.0968. The van der Waals surface area contributed by atoms with Crippen LogP contribution in [0.2, 0.25) is 5.02 Å². The normalized spacial score (nSPS) is 18.4. The summed E-state index contributed by atoms with van der Waals surface area (Å²) in [7, 11) is 0. The quantitative estimate of drug-likeness (QED) is 0.352. The van der Waals surface area contributed by atoms with Crippen molar-refractivity contribution >= 4 is 17.2 Å². The van der Waals surface area contributed by atoms with E-state index in [4.69, 9.17) is 16.3 Å². The number of hydrogen-bond donors (Lipinski definition) is 0. The van der Waals surface area contributed by atoms with Crippen LogP contribution >= 0.6 is 11.6 Å². The lowest BCUT2D eigenvalue weighted by Gasteiger charge is -2.39. The number of para-hydroxylation sites is 1. The molecule has 5 rings (SSSR count). The van der Waals surface area contributed by atoms with Crippen molar-refractivity contribution in [1.82, 2.24) is 4.90 Å². The highest BCUT2D eigenvalue weighted by atomic mass is 35.5. The van der Waals surface area contributed by atoms with Crippen molar-refractivity contribution < 1.29 is 9.13 Å². The molecule has 0 bridgehead atoms. The molecule has 2 heterocycles. The van der Waals surface area contributed by atoms with Crippen LogP contribution in [-0.2, 0) is 6.42 Å². The van der Waals surface area contributed by atoms with Gasteiger partial charge in [-0.1, -0.05) is 66.2 Å². The van der Waals surface area contributed by atoms with Crippen molar-refractivity contribution in [2.45, 2.75) is 32.3 Å². The zero-order chi connectivity index (χ0) is 23.5. The van der Waals surface area contributed by atoms with E-state index in [0.29, 0.717) is 12.3 Å². The molecular weight excluding hydrogens is 445 g/mol. The Bertz CT molecular complexity index is 1170. The second kappa shape index (κ2) is 10.3. The van der Waals surface area contributed by atoms with Crippen LogP contribution in [-0.4, -0.2) is 31.2 Å². The third kappa shape index (κ3) is 5.06. The average Bonchev–Trinajstić information content (AvgIpc) is 3.01. The first-order chi connectivity index (χ1) is 16.6. The lowest BCUT2D eigenvalue weighted by Crippen LogP contribution is -2.47. The van der Waals surface area contributed by atoms with E-state index < -0.39 is 0 Å². The Balaban J connectivity index is 1.34. The monoisotopic (exact) mass is 475 g/mol. The van der Waals surface area contributed by atoms with Gasteiger partial charge in [-0.05, 0) is 71.7 Å². The molecular formula is C30H31ClFNO. The summed E-state index contributed by atoms with van der Waals surface area (Å²) in [5.41, 5.74) is 7.26. The van der Waals surface area contributed by atoms with Crippen molar-refractivity contribution in [2.24, 2.45) is 5.92 Å². The van der Waals surface area contributed by atoms with Crippen LogP contribution in [0.3, 0.4) is 0 Å². The largest absolute Gasteiger partial charge is 0.485 e. The van der Waals surface area contributed by atoms with Gasteiger partial charge in [-0.15, -0.1) is 0 Å². The highest BCUT2D eigenvalue weighted by Crippen LogP contribution is 2.40. The highest BCUT2D eigenvalue weighted by Gasteiger charge is 2.26. The molecule has 0 radical (unpaired) electrons. The zero-order valence-corrected chi connectivity index (χ0v) is 20.4. The molecule has 2 aliphatic heterocycles. The molecule has 2 aliphatic rings. The second-order valence-electron chi connectivity index (χ2n) is 9.53. The van der Waals surface area contributed by atoms with Gasteiger partial charge >= 0.3 is 0 Å². The molecule has 2 nitrogen and oxygen atoms in total. The van der Waals surface area contributed by atoms with E-state index in [2.05, 4.69) is 66.4 Å². The molecule has 1 saturated heterocycles. The van der Waals surface area contributed by atoms with Crippen LogP contribution in [0.25, 0.3) is 5.57 Å². The minimum absolute atomic E-state index is 0.0471. The summed E-state index contributed by atoms with van der Waals surface area (Å²) < 4.78 is 18.9. The topological polar surface area (TPSA) is 12.5 Å². The third-order valence-electron chi connectivity index (χ3n) is 6.99. The zero-order valence-electron chi connectivity index (χ0n) is 19.6. The number of fused-ring (bicyclic) bond motifs is 1. The summed E-state index contributed by atoms with van der Waals surface area (Å²) in [4.78, 5) is 2.35. The molecule has 1 fully saturated rings. The van der Waals surface area contributed by atoms with Gasteiger partial charge in [-0.25, -0.2) is 0 Å².